The predicted octanol–water partition coefficient (Wildman–Crippen LogP) is 1.87. The van der Waals surface area contributed by atoms with Gasteiger partial charge in [0.25, 0.3) is 11.8 Å². The highest BCUT2D eigenvalue weighted by molar-refractivity contribution is 6.25. The number of hydrogen-bond donors (Lipinski definition) is 1. The van der Waals surface area contributed by atoms with E-state index in [9.17, 15) is 9.59 Å². The zero-order valence-electron chi connectivity index (χ0n) is 7.50. The highest BCUT2D eigenvalue weighted by Gasteiger charge is 2.29. The molecule has 0 fully saturated rings. The Morgan fingerprint density at radius 1 is 1.29 bits per heavy atom. The second-order valence-corrected chi connectivity index (χ2v) is 3.82. The van der Waals surface area contributed by atoms with Gasteiger partial charge in [0.1, 0.15) is 0 Å². The van der Waals surface area contributed by atoms with E-state index in [2.05, 4.69) is 5.32 Å². The average molecular weight is 210 g/mol. The lowest BCUT2D eigenvalue weighted by Crippen LogP contribution is -2.20. The van der Waals surface area contributed by atoms with Gasteiger partial charge in [0, 0.05) is 0 Å². The number of amides is 2. The number of carbonyl (C=O) groups excluding carboxylic acids is 2. The Hall–Kier alpha value is -1.35. The van der Waals surface area contributed by atoms with Crippen molar-refractivity contribution in [1.82, 2.24) is 5.32 Å². The lowest BCUT2D eigenvalue weighted by atomic mass is 10.0. The molecule has 1 heterocycles. The Morgan fingerprint density at radius 2 is 2.00 bits per heavy atom. The maximum atomic E-state index is 11.4. The van der Waals surface area contributed by atoms with E-state index in [-0.39, 0.29) is 17.2 Å². The van der Waals surface area contributed by atoms with E-state index < -0.39 is 0 Å². The average Bonchev–Trinajstić information content (AvgIpc) is 2.43. The molecule has 0 bridgehead atoms. The van der Waals surface area contributed by atoms with Gasteiger partial charge in [0.2, 0.25) is 0 Å². The first-order valence-electron chi connectivity index (χ1n) is 4.24. The molecule has 2 amide bonds. The summed E-state index contributed by atoms with van der Waals surface area (Å²) >= 11 is 5.91. The van der Waals surface area contributed by atoms with Crippen LogP contribution in [0.4, 0.5) is 0 Å². The van der Waals surface area contributed by atoms with Crippen molar-refractivity contribution in [3.63, 3.8) is 0 Å². The third-order valence-electron chi connectivity index (χ3n) is 2.22. The van der Waals surface area contributed by atoms with Crippen LogP contribution < -0.4 is 5.32 Å². The first-order chi connectivity index (χ1) is 6.61. The summed E-state index contributed by atoms with van der Waals surface area (Å²) in [5.41, 5.74) is 1.53. The van der Waals surface area contributed by atoms with Crippen molar-refractivity contribution in [3.05, 3.63) is 34.9 Å². The van der Waals surface area contributed by atoms with Crippen LogP contribution in [0.2, 0.25) is 0 Å². The number of rotatable bonds is 1. The van der Waals surface area contributed by atoms with E-state index in [1.54, 1.807) is 25.1 Å². The van der Waals surface area contributed by atoms with Crippen molar-refractivity contribution in [2.45, 2.75) is 12.3 Å². The molecule has 0 aromatic heterocycles. The quantitative estimate of drug-likeness (QED) is 0.567. The third kappa shape index (κ3) is 1.21. The van der Waals surface area contributed by atoms with Crippen molar-refractivity contribution in [2.24, 2.45) is 0 Å². The highest BCUT2D eigenvalue weighted by Crippen LogP contribution is 2.28. The smallest absolute Gasteiger partial charge is 0.259 e. The molecule has 4 heteroatoms. The third-order valence-corrected chi connectivity index (χ3v) is 2.46. The second-order valence-electron chi connectivity index (χ2n) is 3.17. The van der Waals surface area contributed by atoms with Gasteiger partial charge in [-0.25, -0.2) is 0 Å². The van der Waals surface area contributed by atoms with E-state index in [0.29, 0.717) is 16.7 Å². The van der Waals surface area contributed by atoms with Crippen molar-refractivity contribution in [1.29, 1.82) is 0 Å². The highest BCUT2D eigenvalue weighted by atomic mass is 35.5. The molecule has 0 aliphatic carbocycles. The minimum absolute atomic E-state index is 0.276. The largest absolute Gasteiger partial charge is 0.288 e. The van der Waals surface area contributed by atoms with Gasteiger partial charge >= 0.3 is 0 Å². The summed E-state index contributed by atoms with van der Waals surface area (Å²) in [5.74, 6) is -0.697. The predicted molar refractivity (Wildman–Crippen MR) is 52.5 cm³/mol. The van der Waals surface area contributed by atoms with Gasteiger partial charge in [-0.05, 0) is 18.6 Å². The molecule has 0 radical (unpaired) electrons. The molecule has 1 aliphatic rings. The van der Waals surface area contributed by atoms with Gasteiger partial charge in [0.15, 0.2) is 0 Å². The molecule has 0 saturated heterocycles. The van der Waals surface area contributed by atoms with Crippen LogP contribution >= 0.6 is 11.6 Å². The molecule has 14 heavy (non-hydrogen) atoms. The van der Waals surface area contributed by atoms with Crippen LogP contribution in [0.15, 0.2) is 18.2 Å². The first kappa shape index (κ1) is 9.21. The van der Waals surface area contributed by atoms with E-state index in [4.69, 9.17) is 11.6 Å². The van der Waals surface area contributed by atoms with E-state index in [1.807, 2.05) is 0 Å². The van der Waals surface area contributed by atoms with Crippen LogP contribution in [-0.4, -0.2) is 11.8 Å². The lowest BCUT2D eigenvalue weighted by Gasteiger charge is -2.06. The van der Waals surface area contributed by atoms with Crippen LogP contribution in [-0.2, 0) is 0 Å². The molecule has 1 unspecified atom stereocenters. The summed E-state index contributed by atoms with van der Waals surface area (Å²) in [5, 5.41) is 1.96. The van der Waals surface area contributed by atoms with Crippen molar-refractivity contribution >= 4 is 23.4 Å². The Bertz CT molecular complexity index is 426. The Labute approximate surface area is 86.1 Å². The fourth-order valence-corrected chi connectivity index (χ4v) is 1.76. The number of benzene rings is 1. The van der Waals surface area contributed by atoms with Gasteiger partial charge in [0.05, 0.1) is 16.5 Å². The monoisotopic (exact) mass is 209 g/mol. The number of fused-ring (bicyclic) bond motifs is 1. The normalized spacial score (nSPS) is 16.4. The first-order valence-corrected chi connectivity index (χ1v) is 4.67. The van der Waals surface area contributed by atoms with Gasteiger partial charge < -0.3 is 0 Å². The zero-order valence-corrected chi connectivity index (χ0v) is 8.26. The van der Waals surface area contributed by atoms with Crippen LogP contribution in [0, 0.1) is 0 Å². The molecule has 1 aromatic rings. The van der Waals surface area contributed by atoms with Crippen LogP contribution in [0.3, 0.4) is 0 Å². The van der Waals surface area contributed by atoms with Gasteiger partial charge in [-0.15, -0.1) is 11.6 Å². The van der Waals surface area contributed by atoms with E-state index in [0.717, 1.165) is 0 Å². The minimum Gasteiger partial charge on any atom is -0.288 e. The molecule has 0 spiro atoms. The Kier molecular flexibility index (Phi) is 2.04. The number of nitrogens with one attached hydrogen (secondary N) is 1. The molecular formula is C10H8ClNO2. The summed E-state index contributed by atoms with van der Waals surface area (Å²) in [6, 6.07) is 5.11. The zero-order chi connectivity index (χ0) is 10.3. The SMILES string of the molecule is CC(Cl)c1cccc2c1C(=O)NC2=O. The molecule has 1 aliphatic heterocycles. The fraction of sp³-hybridized carbons (Fsp3) is 0.200. The molecule has 3 nitrogen and oxygen atoms in total. The standard InChI is InChI=1S/C10H8ClNO2/c1-5(11)6-3-2-4-7-8(6)10(14)12-9(7)13/h2-5H,1H3,(H,12,13,14). The lowest BCUT2D eigenvalue weighted by molar-refractivity contribution is 0.0879. The maximum Gasteiger partial charge on any atom is 0.259 e. The molecule has 72 valence electrons. The van der Waals surface area contributed by atoms with Crippen molar-refractivity contribution in [3.8, 4) is 0 Å². The van der Waals surface area contributed by atoms with E-state index in [1.165, 1.54) is 0 Å². The maximum absolute atomic E-state index is 11.4. The molecule has 0 saturated carbocycles. The summed E-state index contributed by atoms with van der Waals surface area (Å²) in [4.78, 5) is 22.7. The molecule has 1 atom stereocenters. The Morgan fingerprint density at radius 3 is 2.64 bits per heavy atom. The number of alkyl halides is 1. The molecular weight excluding hydrogens is 202 g/mol. The molecule has 1 N–H and O–H groups in total. The Balaban J connectivity index is 2.68. The fourth-order valence-electron chi connectivity index (χ4n) is 1.58. The summed E-state index contributed by atoms with van der Waals surface area (Å²) in [6.07, 6.45) is 0. The second kappa shape index (κ2) is 3.10. The van der Waals surface area contributed by atoms with Gasteiger partial charge in [-0.2, -0.15) is 0 Å². The topological polar surface area (TPSA) is 46.2 Å². The van der Waals surface area contributed by atoms with Crippen LogP contribution in [0.25, 0.3) is 0 Å². The summed E-state index contributed by atoms with van der Waals surface area (Å²) in [7, 11) is 0. The number of hydrogen-bond acceptors (Lipinski definition) is 2. The number of imide groups is 1. The summed E-state index contributed by atoms with van der Waals surface area (Å²) < 4.78 is 0. The van der Waals surface area contributed by atoms with Gasteiger partial charge in [-0.1, -0.05) is 12.1 Å². The van der Waals surface area contributed by atoms with Crippen LogP contribution in [0.5, 0.6) is 0 Å². The molecule has 2 rings (SSSR count). The van der Waals surface area contributed by atoms with Crippen molar-refractivity contribution < 1.29 is 9.59 Å². The minimum atomic E-state index is -0.354. The number of carbonyl (C=O) groups is 2. The van der Waals surface area contributed by atoms with Crippen molar-refractivity contribution in [2.75, 3.05) is 0 Å². The number of halogens is 1. The van der Waals surface area contributed by atoms with Gasteiger partial charge in [-0.3, -0.25) is 14.9 Å². The summed E-state index contributed by atoms with van der Waals surface area (Å²) in [6.45, 7) is 1.77. The van der Waals surface area contributed by atoms with Crippen LogP contribution in [0.1, 0.15) is 38.6 Å². The molecule has 1 aromatic carbocycles. The van der Waals surface area contributed by atoms with E-state index >= 15 is 0 Å².